The summed E-state index contributed by atoms with van der Waals surface area (Å²) < 4.78 is 0. The fourth-order valence-electron chi connectivity index (χ4n) is 1.94. The number of hydrogen-bond donors (Lipinski definition) is 2. The fraction of sp³-hybridized carbons (Fsp3) is 0.333. The van der Waals surface area contributed by atoms with Gasteiger partial charge in [-0.25, -0.2) is 4.99 Å². The third-order valence-electron chi connectivity index (χ3n) is 2.99. The Labute approximate surface area is 153 Å². The van der Waals surface area contributed by atoms with E-state index < -0.39 is 0 Å². The van der Waals surface area contributed by atoms with Crippen molar-refractivity contribution in [2.45, 2.75) is 20.0 Å². The van der Waals surface area contributed by atoms with E-state index in [-0.39, 0.29) is 24.0 Å². The van der Waals surface area contributed by atoms with Crippen molar-refractivity contribution in [2.75, 3.05) is 13.6 Å². The molecule has 0 fully saturated rings. The molecule has 2 rings (SSSR count). The van der Waals surface area contributed by atoms with Gasteiger partial charge in [-0.3, -0.25) is 5.10 Å². The average molecular weight is 434 g/mol. The zero-order chi connectivity index (χ0) is 15.1. The molecule has 7 heteroatoms. The summed E-state index contributed by atoms with van der Waals surface area (Å²) in [5.41, 5.74) is 2.18. The molecule has 22 heavy (non-hydrogen) atoms. The van der Waals surface area contributed by atoms with Gasteiger partial charge in [-0.2, -0.15) is 5.10 Å². The largest absolute Gasteiger partial charge is 0.357 e. The van der Waals surface area contributed by atoms with Crippen molar-refractivity contribution < 1.29 is 0 Å². The number of aromatic amines is 1. The van der Waals surface area contributed by atoms with Gasteiger partial charge in [0, 0.05) is 31.4 Å². The first-order valence-electron chi connectivity index (χ1n) is 6.91. The van der Waals surface area contributed by atoms with Crippen LogP contribution in [0.15, 0.2) is 41.5 Å². The van der Waals surface area contributed by atoms with Crippen LogP contribution in [-0.2, 0) is 13.1 Å². The third kappa shape index (κ3) is 5.84. The first kappa shape index (κ1) is 18.8. The minimum absolute atomic E-state index is 0. The van der Waals surface area contributed by atoms with E-state index in [9.17, 15) is 0 Å². The summed E-state index contributed by atoms with van der Waals surface area (Å²) >= 11 is 5.91. The lowest BCUT2D eigenvalue weighted by Gasteiger charge is -2.22. The Bertz CT molecular complexity index is 568. The molecule has 0 aliphatic rings. The lowest BCUT2D eigenvalue weighted by Crippen LogP contribution is -2.38. The molecule has 1 aromatic heterocycles. The zero-order valence-electron chi connectivity index (χ0n) is 12.7. The number of halogens is 2. The summed E-state index contributed by atoms with van der Waals surface area (Å²) in [7, 11) is 2.02. The monoisotopic (exact) mass is 433 g/mol. The van der Waals surface area contributed by atoms with E-state index in [2.05, 4.69) is 32.3 Å². The number of hydrogen-bond acceptors (Lipinski definition) is 2. The van der Waals surface area contributed by atoms with Crippen molar-refractivity contribution in [3.63, 3.8) is 0 Å². The molecule has 0 aliphatic carbocycles. The molecule has 0 saturated heterocycles. The van der Waals surface area contributed by atoms with E-state index >= 15 is 0 Å². The summed E-state index contributed by atoms with van der Waals surface area (Å²) in [5.74, 6) is 0.863. The topological polar surface area (TPSA) is 56.3 Å². The van der Waals surface area contributed by atoms with Gasteiger partial charge < -0.3 is 10.2 Å². The van der Waals surface area contributed by atoms with Gasteiger partial charge in [0.25, 0.3) is 0 Å². The second-order valence-electron chi connectivity index (χ2n) is 4.73. The minimum atomic E-state index is 0. The number of guanidine groups is 1. The molecular formula is C15H21ClIN5. The normalized spacial score (nSPS) is 11.0. The molecule has 120 valence electrons. The number of aromatic nitrogens is 2. The smallest absolute Gasteiger partial charge is 0.194 e. The van der Waals surface area contributed by atoms with Crippen LogP contribution in [0.3, 0.4) is 0 Å². The van der Waals surface area contributed by atoms with E-state index in [4.69, 9.17) is 11.6 Å². The van der Waals surface area contributed by atoms with Gasteiger partial charge in [0.2, 0.25) is 0 Å². The van der Waals surface area contributed by atoms with Crippen molar-refractivity contribution in [3.8, 4) is 0 Å². The van der Waals surface area contributed by atoms with Crippen LogP contribution < -0.4 is 5.32 Å². The number of aliphatic imine (C=N–C) groups is 1. The zero-order valence-corrected chi connectivity index (χ0v) is 15.8. The molecule has 0 unspecified atom stereocenters. The maximum atomic E-state index is 5.91. The Hall–Kier alpha value is -1.28. The molecule has 2 N–H and O–H groups in total. The Balaban J connectivity index is 0.00000242. The van der Waals surface area contributed by atoms with Gasteiger partial charge in [0.05, 0.1) is 12.2 Å². The summed E-state index contributed by atoms with van der Waals surface area (Å²) in [6.45, 7) is 4.23. The summed E-state index contributed by atoms with van der Waals surface area (Å²) in [6.07, 6.45) is 1.73. The first-order chi connectivity index (χ1) is 10.2. The number of H-pyrrole nitrogens is 1. The molecule has 0 bridgehead atoms. The molecule has 0 amide bonds. The fourth-order valence-corrected chi connectivity index (χ4v) is 2.07. The van der Waals surface area contributed by atoms with Crippen LogP contribution in [0, 0.1) is 0 Å². The Kier molecular flexibility index (Phi) is 8.26. The van der Waals surface area contributed by atoms with Crippen LogP contribution in [-0.4, -0.2) is 34.6 Å². The number of benzene rings is 1. The Morgan fingerprint density at radius 3 is 2.64 bits per heavy atom. The van der Waals surface area contributed by atoms with E-state index in [0.717, 1.165) is 29.8 Å². The quantitative estimate of drug-likeness (QED) is 0.432. The van der Waals surface area contributed by atoms with Crippen molar-refractivity contribution in [3.05, 3.63) is 52.8 Å². The maximum absolute atomic E-state index is 5.91. The standard InChI is InChI=1S/C15H20ClN5.HI/c1-3-17-15(18-10-14-8-9-19-20-14)21(2)11-12-4-6-13(16)7-5-12;/h4-9H,3,10-11H2,1-2H3,(H,17,18)(H,19,20);1H. The first-order valence-corrected chi connectivity index (χ1v) is 7.29. The van der Waals surface area contributed by atoms with E-state index in [1.54, 1.807) is 6.20 Å². The van der Waals surface area contributed by atoms with Crippen LogP contribution in [0.2, 0.25) is 5.02 Å². The van der Waals surface area contributed by atoms with Crippen LogP contribution in [0.4, 0.5) is 0 Å². The lowest BCUT2D eigenvalue weighted by molar-refractivity contribution is 0.476. The summed E-state index contributed by atoms with van der Waals surface area (Å²) in [5, 5.41) is 10.9. The molecule has 5 nitrogen and oxygen atoms in total. The summed E-state index contributed by atoms with van der Waals surface area (Å²) in [6, 6.07) is 9.78. The average Bonchev–Trinajstić information content (AvgIpc) is 2.99. The highest BCUT2D eigenvalue weighted by molar-refractivity contribution is 14.0. The third-order valence-corrected chi connectivity index (χ3v) is 3.24. The number of nitrogens with one attached hydrogen (secondary N) is 2. The van der Waals surface area contributed by atoms with Gasteiger partial charge in [-0.15, -0.1) is 24.0 Å². The molecule has 2 aromatic rings. The van der Waals surface area contributed by atoms with Gasteiger partial charge in [0.1, 0.15) is 0 Å². The SMILES string of the molecule is CCNC(=NCc1ccn[nH]1)N(C)Cc1ccc(Cl)cc1.I. The molecule has 0 saturated carbocycles. The van der Waals surface area contributed by atoms with Gasteiger partial charge >= 0.3 is 0 Å². The Morgan fingerprint density at radius 2 is 2.05 bits per heavy atom. The van der Waals surface area contributed by atoms with Crippen LogP contribution in [0.1, 0.15) is 18.2 Å². The predicted octanol–water partition coefficient (Wildman–Crippen LogP) is 3.28. The minimum Gasteiger partial charge on any atom is -0.357 e. The van der Waals surface area contributed by atoms with Crippen LogP contribution >= 0.6 is 35.6 Å². The number of nitrogens with zero attached hydrogens (tertiary/aromatic N) is 3. The molecular weight excluding hydrogens is 413 g/mol. The van der Waals surface area contributed by atoms with Crippen LogP contribution in [0.25, 0.3) is 0 Å². The van der Waals surface area contributed by atoms with E-state index in [1.165, 1.54) is 5.56 Å². The molecule has 1 heterocycles. The van der Waals surface area contributed by atoms with Crippen molar-refractivity contribution >= 4 is 41.5 Å². The summed E-state index contributed by atoms with van der Waals surface area (Å²) in [4.78, 5) is 6.69. The Morgan fingerprint density at radius 1 is 1.32 bits per heavy atom. The van der Waals surface area contributed by atoms with Crippen molar-refractivity contribution in [1.29, 1.82) is 0 Å². The van der Waals surface area contributed by atoms with Crippen molar-refractivity contribution in [2.24, 2.45) is 4.99 Å². The second-order valence-corrected chi connectivity index (χ2v) is 5.17. The maximum Gasteiger partial charge on any atom is 0.194 e. The van der Waals surface area contributed by atoms with Crippen molar-refractivity contribution in [1.82, 2.24) is 20.4 Å². The van der Waals surface area contributed by atoms with Gasteiger partial charge in [0.15, 0.2) is 5.96 Å². The van der Waals surface area contributed by atoms with Gasteiger partial charge in [-0.05, 0) is 30.7 Å². The number of rotatable bonds is 5. The van der Waals surface area contributed by atoms with Gasteiger partial charge in [-0.1, -0.05) is 23.7 Å². The van der Waals surface area contributed by atoms with E-state index in [0.29, 0.717) is 6.54 Å². The molecule has 0 radical (unpaired) electrons. The van der Waals surface area contributed by atoms with Crippen LogP contribution in [0.5, 0.6) is 0 Å². The molecule has 0 spiro atoms. The second kappa shape index (κ2) is 9.68. The molecule has 1 aromatic carbocycles. The molecule has 0 atom stereocenters. The highest BCUT2D eigenvalue weighted by atomic mass is 127. The highest BCUT2D eigenvalue weighted by Gasteiger charge is 2.06. The van der Waals surface area contributed by atoms with E-state index in [1.807, 2.05) is 37.4 Å². The molecule has 0 aliphatic heterocycles. The predicted molar refractivity (Wildman–Crippen MR) is 102 cm³/mol. The highest BCUT2D eigenvalue weighted by Crippen LogP contribution is 2.11. The lowest BCUT2D eigenvalue weighted by atomic mass is 10.2.